The Bertz CT molecular complexity index is 1160. The van der Waals surface area contributed by atoms with Crippen molar-refractivity contribution in [1.29, 1.82) is 0 Å². The SMILES string of the molecule is CN=c1scc(-c2ccc3c(c2)NC(=O)CO3)n1N=C(C)c1ccccc1Cl. The highest BCUT2D eigenvalue weighted by Crippen LogP contribution is 2.33. The van der Waals surface area contributed by atoms with E-state index in [1.165, 1.54) is 11.3 Å². The minimum atomic E-state index is -0.167. The lowest BCUT2D eigenvalue weighted by atomic mass is 10.1. The molecule has 2 aromatic carbocycles. The minimum absolute atomic E-state index is 0.0327. The minimum Gasteiger partial charge on any atom is -0.482 e. The summed E-state index contributed by atoms with van der Waals surface area (Å²) in [7, 11) is 1.73. The van der Waals surface area contributed by atoms with Crippen molar-refractivity contribution < 1.29 is 9.53 Å². The highest BCUT2D eigenvalue weighted by atomic mass is 35.5. The van der Waals surface area contributed by atoms with E-state index < -0.39 is 0 Å². The van der Waals surface area contributed by atoms with Crippen LogP contribution in [-0.4, -0.2) is 29.9 Å². The van der Waals surface area contributed by atoms with Crippen LogP contribution in [0.4, 0.5) is 5.69 Å². The zero-order chi connectivity index (χ0) is 19.7. The molecular weight excluding hydrogens is 396 g/mol. The molecule has 2 heterocycles. The van der Waals surface area contributed by atoms with Gasteiger partial charge in [-0.2, -0.15) is 5.10 Å². The molecule has 1 N–H and O–H groups in total. The highest BCUT2D eigenvalue weighted by Gasteiger charge is 2.18. The van der Waals surface area contributed by atoms with Gasteiger partial charge >= 0.3 is 0 Å². The van der Waals surface area contributed by atoms with Gasteiger partial charge in [0, 0.05) is 28.6 Å². The molecule has 0 spiro atoms. The summed E-state index contributed by atoms with van der Waals surface area (Å²) in [6, 6.07) is 13.3. The van der Waals surface area contributed by atoms with Crippen molar-refractivity contribution in [3.05, 3.63) is 63.2 Å². The number of carbonyl (C=O) groups is 1. The molecule has 0 aliphatic carbocycles. The van der Waals surface area contributed by atoms with E-state index in [4.69, 9.17) is 21.4 Å². The summed E-state index contributed by atoms with van der Waals surface area (Å²) in [5.41, 5.74) is 4.04. The number of anilines is 1. The summed E-state index contributed by atoms with van der Waals surface area (Å²) >= 11 is 7.81. The third-order valence-electron chi connectivity index (χ3n) is 4.30. The molecule has 0 radical (unpaired) electrons. The van der Waals surface area contributed by atoms with E-state index in [0.717, 1.165) is 27.3 Å². The van der Waals surface area contributed by atoms with E-state index in [1.807, 2.05) is 54.8 Å². The maximum atomic E-state index is 11.6. The van der Waals surface area contributed by atoms with E-state index in [9.17, 15) is 4.79 Å². The highest BCUT2D eigenvalue weighted by molar-refractivity contribution is 7.07. The average Bonchev–Trinajstić information content (AvgIpc) is 3.10. The van der Waals surface area contributed by atoms with Crippen molar-refractivity contribution in [2.45, 2.75) is 6.92 Å². The van der Waals surface area contributed by atoms with Gasteiger partial charge in [-0.1, -0.05) is 29.8 Å². The van der Waals surface area contributed by atoms with Gasteiger partial charge in [0.2, 0.25) is 4.80 Å². The Morgan fingerprint density at radius 3 is 2.89 bits per heavy atom. The molecule has 0 saturated heterocycles. The lowest BCUT2D eigenvalue weighted by molar-refractivity contribution is -0.118. The van der Waals surface area contributed by atoms with Gasteiger partial charge in [-0.25, -0.2) is 4.68 Å². The fourth-order valence-corrected chi connectivity index (χ4v) is 4.02. The predicted octanol–water partition coefficient (Wildman–Crippen LogP) is 4.00. The standard InChI is InChI=1S/C20H17ClN4O2S/c1-12(14-5-3-4-6-15(14)21)24-25-17(11-28-20(25)22-2)13-7-8-18-16(9-13)23-19(26)10-27-18/h3-9,11H,10H2,1-2H3,(H,23,26). The Balaban J connectivity index is 1.82. The molecule has 1 aliphatic rings. The molecule has 8 heteroatoms. The first-order valence-corrected chi connectivity index (χ1v) is 9.83. The number of ether oxygens (including phenoxy) is 1. The lowest BCUT2D eigenvalue weighted by Gasteiger charge is -2.18. The molecule has 1 amide bonds. The zero-order valence-corrected chi connectivity index (χ0v) is 16.8. The maximum absolute atomic E-state index is 11.6. The number of nitrogens with zero attached hydrogens (tertiary/aromatic N) is 3. The number of hydrogen-bond donors (Lipinski definition) is 1. The number of rotatable bonds is 3. The van der Waals surface area contributed by atoms with Crippen molar-refractivity contribution in [2.24, 2.45) is 10.1 Å². The summed E-state index contributed by atoms with van der Waals surface area (Å²) in [5.74, 6) is 0.487. The Kier molecular flexibility index (Phi) is 5.02. The monoisotopic (exact) mass is 412 g/mol. The van der Waals surface area contributed by atoms with Crippen molar-refractivity contribution in [2.75, 3.05) is 19.0 Å². The van der Waals surface area contributed by atoms with Gasteiger partial charge in [0.1, 0.15) is 5.75 Å². The molecule has 6 nitrogen and oxygen atoms in total. The third kappa shape index (κ3) is 3.46. The van der Waals surface area contributed by atoms with Gasteiger partial charge in [0.05, 0.1) is 17.1 Å². The normalized spacial score (nSPS) is 14.5. The number of nitrogens with one attached hydrogen (secondary N) is 1. The summed E-state index contributed by atoms with van der Waals surface area (Å²) in [4.78, 5) is 16.7. The maximum Gasteiger partial charge on any atom is 0.262 e. The number of thiazole rings is 1. The number of halogens is 1. The molecule has 0 saturated carbocycles. The van der Waals surface area contributed by atoms with Crippen LogP contribution >= 0.6 is 22.9 Å². The van der Waals surface area contributed by atoms with Crippen LogP contribution in [0.5, 0.6) is 5.75 Å². The molecule has 0 fully saturated rings. The van der Waals surface area contributed by atoms with E-state index in [-0.39, 0.29) is 12.5 Å². The number of fused-ring (bicyclic) bond motifs is 1. The van der Waals surface area contributed by atoms with Crippen molar-refractivity contribution in [1.82, 2.24) is 4.68 Å². The van der Waals surface area contributed by atoms with Gasteiger partial charge < -0.3 is 10.1 Å². The Morgan fingerprint density at radius 1 is 1.29 bits per heavy atom. The van der Waals surface area contributed by atoms with Crippen LogP contribution in [-0.2, 0) is 4.79 Å². The molecule has 0 atom stereocenters. The second kappa shape index (κ2) is 7.61. The summed E-state index contributed by atoms with van der Waals surface area (Å²) < 4.78 is 7.23. The molecule has 3 aromatic rings. The number of amides is 1. The lowest BCUT2D eigenvalue weighted by Crippen LogP contribution is -2.25. The van der Waals surface area contributed by atoms with Gasteiger partial charge in [-0.15, -0.1) is 11.3 Å². The first-order valence-electron chi connectivity index (χ1n) is 8.57. The van der Waals surface area contributed by atoms with Crippen LogP contribution < -0.4 is 14.9 Å². The van der Waals surface area contributed by atoms with Gasteiger partial charge in [-0.3, -0.25) is 9.79 Å². The molecular formula is C20H17ClN4O2S. The van der Waals surface area contributed by atoms with Crippen LogP contribution in [0.3, 0.4) is 0 Å². The summed E-state index contributed by atoms with van der Waals surface area (Å²) in [5, 5.41) is 10.2. The van der Waals surface area contributed by atoms with Gasteiger partial charge in [-0.05, 0) is 31.2 Å². The predicted molar refractivity (Wildman–Crippen MR) is 112 cm³/mol. The Morgan fingerprint density at radius 2 is 2.11 bits per heavy atom. The fraction of sp³-hybridized carbons (Fsp3) is 0.150. The Labute approximate surface area is 170 Å². The van der Waals surface area contributed by atoms with E-state index in [2.05, 4.69) is 10.3 Å². The van der Waals surface area contributed by atoms with Crippen LogP contribution in [0.2, 0.25) is 5.02 Å². The summed E-state index contributed by atoms with van der Waals surface area (Å²) in [6.07, 6.45) is 0. The first-order chi connectivity index (χ1) is 13.6. The number of carbonyl (C=O) groups excluding carboxylic acids is 1. The molecule has 0 unspecified atom stereocenters. The number of benzene rings is 2. The molecule has 28 heavy (non-hydrogen) atoms. The van der Waals surface area contributed by atoms with Gasteiger partial charge in [0.15, 0.2) is 6.61 Å². The van der Waals surface area contributed by atoms with Crippen LogP contribution in [0.25, 0.3) is 11.3 Å². The molecule has 142 valence electrons. The van der Waals surface area contributed by atoms with Gasteiger partial charge in [0.25, 0.3) is 5.91 Å². The van der Waals surface area contributed by atoms with Crippen molar-refractivity contribution >= 4 is 40.2 Å². The van der Waals surface area contributed by atoms with Crippen LogP contribution in [0.1, 0.15) is 12.5 Å². The third-order valence-corrected chi connectivity index (χ3v) is 5.54. The van der Waals surface area contributed by atoms with Crippen molar-refractivity contribution in [3.8, 4) is 17.0 Å². The van der Waals surface area contributed by atoms with Crippen LogP contribution in [0.15, 0.2) is 57.9 Å². The Hall–Kier alpha value is -2.90. The smallest absolute Gasteiger partial charge is 0.262 e. The molecule has 1 aromatic heterocycles. The first kappa shape index (κ1) is 18.5. The average molecular weight is 413 g/mol. The van der Waals surface area contributed by atoms with E-state index in [0.29, 0.717) is 16.5 Å². The second-order valence-corrected chi connectivity index (χ2v) is 7.40. The largest absolute Gasteiger partial charge is 0.482 e. The summed E-state index contributed by atoms with van der Waals surface area (Å²) in [6.45, 7) is 1.95. The van der Waals surface area contributed by atoms with E-state index in [1.54, 1.807) is 11.7 Å². The quantitative estimate of drug-likeness (QED) is 0.660. The van der Waals surface area contributed by atoms with E-state index >= 15 is 0 Å². The van der Waals surface area contributed by atoms with Crippen molar-refractivity contribution in [3.63, 3.8) is 0 Å². The molecule has 1 aliphatic heterocycles. The molecule has 0 bridgehead atoms. The second-order valence-electron chi connectivity index (χ2n) is 6.15. The topological polar surface area (TPSA) is 68.0 Å². The molecule has 4 rings (SSSR count). The zero-order valence-electron chi connectivity index (χ0n) is 15.3. The number of aromatic nitrogens is 1. The van der Waals surface area contributed by atoms with Crippen LogP contribution in [0, 0.1) is 0 Å². The number of hydrogen-bond acceptors (Lipinski definition) is 5. The fourth-order valence-electron chi connectivity index (χ4n) is 2.95.